The Morgan fingerprint density at radius 3 is 2.68 bits per heavy atom. The molecule has 1 aromatic heterocycles. The van der Waals surface area contributed by atoms with Gasteiger partial charge in [-0.1, -0.05) is 23.2 Å². The lowest BCUT2D eigenvalue weighted by Crippen LogP contribution is -2.51. The molecule has 1 atom stereocenters. The van der Waals surface area contributed by atoms with Gasteiger partial charge in [0.05, 0.1) is 10.0 Å². The molecule has 2 heterocycles. The number of hydrogen-bond acceptors (Lipinski definition) is 3. The normalized spacial score (nSPS) is 16.7. The lowest BCUT2D eigenvalue weighted by Gasteiger charge is -2.35. The fraction of sp³-hybridized carbons (Fsp3) is 0.316. The van der Waals surface area contributed by atoms with Gasteiger partial charge in [0.2, 0.25) is 11.8 Å². The summed E-state index contributed by atoms with van der Waals surface area (Å²) in [5, 5.41) is 3.53. The molecule has 1 aromatic carbocycles. The summed E-state index contributed by atoms with van der Waals surface area (Å²) in [7, 11) is 0. The Morgan fingerprint density at radius 1 is 1.14 bits per heavy atom. The van der Waals surface area contributed by atoms with Gasteiger partial charge in [0.25, 0.3) is 5.56 Å². The van der Waals surface area contributed by atoms with Gasteiger partial charge < -0.3 is 14.8 Å². The topological polar surface area (TPSA) is 71.4 Å². The quantitative estimate of drug-likeness (QED) is 0.711. The SMILES string of the molecule is O=C(Nc1ccc(Cl)c(Cl)c1)C1CCCCN1C(=O)Cn1cc(Br)ccc1=O. The highest BCUT2D eigenvalue weighted by Crippen LogP contribution is 2.26. The Balaban J connectivity index is 1.74. The summed E-state index contributed by atoms with van der Waals surface area (Å²) in [6.45, 7) is 0.357. The molecule has 1 fully saturated rings. The highest BCUT2D eigenvalue weighted by atomic mass is 79.9. The molecule has 1 unspecified atom stereocenters. The second kappa shape index (κ2) is 9.11. The van der Waals surface area contributed by atoms with Crippen molar-refractivity contribution in [1.82, 2.24) is 9.47 Å². The molecule has 0 bridgehead atoms. The number of nitrogens with one attached hydrogen (secondary N) is 1. The van der Waals surface area contributed by atoms with Gasteiger partial charge in [-0.05, 0) is 59.5 Å². The van der Waals surface area contributed by atoms with Gasteiger partial charge in [-0.15, -0.1) is 0 Å². The number of piperidine rings is 1. The van der Waals surface area contributed by atoms with Crippen LogP contribution in [0.3, 0.4) is 0 Å². The number of hydrogen-bond donors (Lipinski definition) is 1. The molecule has 3 rings (SSSR count). The summed E-state index contributed by atoms with van der Waals surface area (Å²) in [5.41, 5.74) is 0.242. The number of benzene rings is 1. The largest absolute Gasteiger partial charge is 0.329 e. The number of rotatable bonds is 4. The molecule has 1 N–H and O–H groups in total. The van der Waals surface area contributed by atoms with Crippen LogP contribution in [0.25, 0.3) is 0 Å². The van der Waals surface area contributed by atoms with Crippen LogP contribution >= 0.6 is 39.1 Å². The molecular formula is C19H18BrCl2N3O3. The highest BCUT2D eigenvalue weighted by molar-refractivity contribution is 9.10. The van der Waals surface area contributed by atoms with E-state index in [1.165, 1.54) is 10.6 Å². The maximum Gasteiger partial charge on any atom is 0.251 e. The van der Waals surface area contributed by atoms with Crippen LogP contribution in [0.2, 0.25) is 10.0 Å². The standard InChI is InChI=1S/C19H18BrCl2N3O3/c20-12-4-7-17(26)24(10-12)11-18(27)25-8-2-1-3-16(25)19(28)23-13-5-6-14(21)15(22)9-13/h4-7,9-10,16H,1-3,8,11H2,(H,23,28). The van der Waals surface area contributed by atoms with Crippen LogP contribution in [0.1, 0.15) is 19.3 Å². The van der Waals surface area contributed by atoms with Crippen molar-refractivity contribution in [3.63, 3.8) is 0 Å². The minimum Gasteiger partial charge on any atom is -0.329 e. The number of carbonyl (C=O) groups is 2. The number of amides is 2. The minimum atomic E-state index is -0.599. The second-order valence-corrected chi connectivity index (χ2v) is 8.26. The van der Waals surface area contributed by atoms with Gasteiger partial charge in [-0.3, -0.25) is 14.4 Å². The lowest BCUT2D eigenvalue weighted by atomic mass is 10.0. The molecule has 1 aliphatic rings. The summed E-state index contributed by atoms with van der Waals surface area (Å²) >= 11 is 15.2. The Morgan fingerprint density at radius 2 is 1.93 bits per heavy atom. The summed E-state index contributed by atoms with van der Waals surface area (Å²) in [4.78, 5) is 39.1. The number of aromatic nitrogens is 1. The number of carbonyl (C=O) groups excluding carboxylic acids is 2. The summed E-state index contributed by atoms with van der Waals surface area (Å²) < 4.78 is 2.03. The van der Waals surface area contributed by atoms with Crippen molar-refractivity contribution >= 4 is 56.6 Å². The average molecular weight is 487 g/mol. The van der Waals surface area contributed by atoms with E-state index in [1.54, 1.807) is 35.4 Å². The van der Waals surface area contributed by atoms with Crippen LogP contribution in [0.15, 0.2) is 45.8 Å². The van der Waals surface area contributed by atoms with E-state index in [2.05, 4.69) is 21.2 Å². The van der Waals surface area contributed by atoms with Gasteiger partial charge in [-0.25, -0.2) is 0 Å². The van der Waals surface area contributed by atoms with E-state index in [0.717, 1.165) is 12.8 Å². The first-order valence-corrected chi connectivity index (χ1v) is 10.3. The Bertz CT molecular complexity index is 964. The molecule has 1 aliphatic heterocycles. The molecule has 6 nitrogen and oxygen atoms in total. The Kier molecular flexibility index (Phi) is 6.80. The summed E-state index contributed by atoms with van der Waals surface area (Å²) in [5.74, 6) is -0.554. The zero-order valence-electron chi connectivity index (χ0n) is 14.8. The van der Waals surface area contributed by atoms with Crippen LogP contribution in [-0.4, -0.2) is 33.9 Å². The van der Waals surface area contributed by atoms with Crippen LogP contribution in [0.5, 0.6) is 0 Å². The third-order valence-corrected chi connectivity index (χ3v) is 5.77. The van der Waals surface area contributed by atoms with Gasteiger partial charge in [-0.2, -0.15) is 0 Å². The molecule has 148 valence electrons. The highest BCUT2D eigenvalue weighted by Gasteiger charge is 2.32. The molecule has 28 heavy (non-hydrogen) atoms. The Hall–Kier alpha value is -1.83. The van der Waals surface area contributed by atoms with E-state index < -0.39 is 6.04 Å². The summed E-state index contributed by atoms with van der Waals surface area (Å²) in [6, 6.07) is 7.24. The monoisotopic (exact) mass is 485 g/mol. The molecule has 0 aliphatic carbocycles. The molecule has 2 aromatic rings. The van der Waals surface area contributed by atoms with Crippen LogP contribution in [-0.2, 0) is 16.1 Å². The van der Waals surface area contributed by atoms with E-state index in [0.29, 0.717) is 33.2 Å². The smallest absolute Gasteiger partial charge is 0.251 e. The molecule has 9 heteroatoms. The van der Waals surface area contributed by atoms with E-state index in [-0.39, 0.29) is 23.9 Å². The van der Waals surface area contributed by atoms with Gasteiger partial charge in [0, 0.05) is 29.0 Å². The van der Waals surface area contributed by atoms with E-state index in [1.807, 2.05) is 0 Å². The summed E-state index contributed by atoms with van der Waals surface area (Å²) in [6.07, 6.45) is 3.79. The maximum absolute atomic E-state index is 12.8. The minimum absolute atomic E-state index is 0.116. The predicted octanol–water partition coefficient (Wildman–Crippen LogP) is 3.94. The maximum atomic E-state index is 12.8. The number of likely N-dealkylation sites (tertiary alicyclic amines) is 1. The first kappa shape index (κ1) is 20.9. The van der Waals surface area contributed by atoms with Crippen molar-refractivity contribution in [1.29, 1.82) is 0 Å². The number of halogens is 3. The van der Waals surface area contributed by atoms with Crippen molar-refractivity contribution in [2.24, 2.45) is 0 Å². The third-order valence-electron chi connectivity index (χ3n) is 4.57. The fourth-order valence-electron chi connectivity index (χ4n) is 3.16. The zero-order chi connectivity index (χ0) is 20.3. The first-order valence-electron chi connectivity index (χ1n) is 8.76. The van der Waals surface area contributed by atoms with Crippen molar-refractivity contribution in [2.45, 2.75) is 31.8 Å². The molecule has 0 saturated carbocycles. The number of pyridine rings is 1. The number of anilines is 1. The second-order valence-electron chi connectivity index (χ2n) is 6.53. The van der Waals surface area contributed by atoms with Crippen LogP contribution in [0.4, 0.5) is 5.69 Å². The van der Waals surface area contributed by atoms with Crippen molar-refractivity contribution in [3.8, 4) is 0 Å². The number of nitrogens with zero attached hydrogens (tertiary/aromatic N) is 2. The van der Waals surface area contributed by atoms with E-state index in [4.69, 9.17) is 23.2 Å². The zero-order valence-corrected chi connectivity index (χ0v) is 17.9. The fourth-order valence-corrected chi connectivity index (χ4v) is 3.84. The van der Waals surface area contributed by atoms with Crippen molar-refractivity contribution in [2.75, 3.05) is 11.9 Å². The van der Waals surface area contributed by atoms with Gasteiger partial charge in [0.1, 0.15) is 12.6 Å². The molecule has 1 saturated heterocycles. The van der Waals surface area contributed by atoms with Crippen molar-refractivity contribution < 1.29 is 9.59 Å². The van der Waals surface area contributed by atoms with Crippen LogP contribution < -0.4 is 10.9 Å². The van der Waals surface area contributed by atoms with E-state index >= 15 is 0 Å². The van der Waals surface area contributed by atoms with E-state index in [9.17, 15) is 14.4 Å². The van der Waals surface area contributed by atoms with Gasteiger partial charge >= 0.3 is 0 Å². The predicted molar refractivity (Wildman–Crippen MR) is 113 cm³/mol. The third kappa shape index (κ3) is 4.96. The molecule has 0 spiro atoms. The average Bonchev–Trinajstić information content (AvgIpc) is 2.67. The molecule has 2 amide bonds. The lowest BCUT2D eigenvalue weighted by molar-refractivity contribution is -0.140. The molecular weight excluding hydrogens is 469 g/mol. The van der Waals surface area contributed by atoms with Crippen molar-refractivity contribution in [3.05, 3.63) is 61.4 Å². The van der Waals surface area contributed by atoms with Crippen LogP contribution in [0, 0.1) is 0 Å². The van der Waals surface area contributed by atoms with Gasteiger partial charge in [0.15, 0.2) is 0 Å². The molecule has 0 radical (unpaired) electrons. The first-order chi connectivity index (χ1) is 13.3. The Labute approximate surface area is 180 Å².